The van der Waals surface area contributed by atoms with Crippen molar-refractivity contribution in [1.29, 1.82) is 0 Å². The zero-order chi connectivity index (χ0) is 24.2. The van der Waals surface area contributed by atoms with Gasteiger partial charge in [0.2, 0.25) is 0 Å². The number of aromatic amines is 1. The number of para-hydroxylation sites is 1. The Hall–Kier alpha value is -4.16. The number of thiazole rings is 1. The third-order valence-corrected chi connectivity index (χ3v) is 8.20. The van der Waals surface area contributed by atoms with E-state index in [0.29, 0.717) is 4.53 Å². The van der Waals surface area contributed by atoms with Gasteiger partial charge in [-0.15, -0.1) is 0 Å². The summed E-state index contributed by atoms with van der Waals surface area (Å²) in [6.07, 6.45) is 5.77. The van der Waals surface area contributed by atoms with Crippen LogP contribution >= 0.6 is 11.3 Å². The predicted octanol–water partition coefficient (Wildman–Crippen LogP) is 4.81. The Labute approximate surface area is 211 Å². The second-order valence-electron chi connectivity index (χ2n) is 9.18. The van der Waals surface area contributed by atoms with Crippen LogP contribution in [0.2, 0.25) is 0 Å². The summed E-state index contributed by atoms with van der Waals surface area (Å²) in [4.78, 5) is 23.1. The molecule has 0 radical (unpaired) electrons. The lowest BCUT2D eigenvalue weighted by Gasteiger charge is -2.30. The number of aryl methyl sites for hydroxylation is 1. The number of hydrogen-bond acceptors (Lipinski definition) is 4. The van der Waals surface area contributed by atoms with E-state index in [9.17, 15) is 4.79 Å². The maximum atomic E-state index is 13.9. The first kappa shape index (κ1) is 21.1. The number of hydrogen-bond donors (Lipinski definition) is 1. The van der Waals surface area contributed by atoms with Crippen molar-refractivity contribution in [3.8, 4) is 5.75 Å². The molecule has 2 aliphatic rings. The molecular formula is C30H23N3O2S. The van der Waals surface area contributed by atoms with Crippen molar-refractivity contribution in [3.63, 3.8) is 0 Å². The van der Waals surface area contributed by atoms with E-state index in [2.05, 4.69) is 47.4 Å². The summed E-state index contributed by atoms with van der Waals surface area (Å²) >= 11 is 1.46. The molecule has 176 valence electrons. The number of allylic oxidation sites excluding steroid dienone is 1. The van der Waals surface area contributed by atoms with Crippen molar-refractivity contribution >= 4 is 34.0 Å². The molecule has 36 heavy (non-hydrogen) atoms. The number of aromatic nitrogens is 2. The summed E-state index contributed by atoms with van der Waals surface area (Å²) in [6, 6.07) is 24.5. The van der Waals surface area contributed by atoms with Gasteiger partial charge >= 0.3 is 0 Å². The Morgan fingerprint density at radius 3 is 2.69 bits per heavy atom. The number of nitrogens with one attached hydrogen (secondary N) is 1. The molecular weight excluding hydrogens is 466 g/mol. The molecule has 6 heteroatoms. The van der Waals surface area contributed by atoms with Crippen molar-refractivity contribution in [2.45, 2.75) is 18.9 Å². The Morgan fingerprint density at radius 1 is 1.03 bits per heavy atom. The third kappa shape index (κ3) is 3.22. The zero-order valence-electron chi connectivity index (χ0n) is 19.7. The molecule has 5 nitrogen and oxygen atoms in total. The van der Waals surface area contributed by atoms with E-state index in [0.717, 1.165) is 51.1 Å². The first-order chi connectivity index (χ1) is 17.7. The van der Waals surface area contributed by atoms with Crippen LogP contribution in [-0.2, 0) is 6.42 Å². The standard InChI is InChI=1S/C30H23N3O2S/c1-35-21-13-10-19(11-14-21)28-24-15-12-18-6-2-3-8-23(18)27(24)32-30-33(28)29(34)26(36-30)16-20-17-31-25-9-5-4-7-22(20)25/h2-11,13-14,16-17,28,31H,12,15H2,1H3/b26-16+. The van der Waals surface area contributed by atoms with Gasteiger partial charge in [-0.25, -0.2) is 4.99 Å². The Balaban J connectivity index is 1.48. The molecule has 5 aromatic rings. The summed E-state index contributed by atoms with van der Waals surface area (Å²) in [6.45, 7) is 0. The molecule has 0 amide bonds. The maximum absolute atomic E-state index is 13.9. The van der Waals surface area contributed by atoms with Gasteiger partial charge in [0, 0.05) is 28.2 Å². The lowest BCUT2D eigenvalue weighted by Crippen LogP contribution is -2.38. The fourth-order valence-electron chi connectivity index (χ4n) is 5.46. The SMILES string of the molecule is COc1ccc(C2C3=C(N=c4s/c(=C/c5c[nH]c6ccccc56)c(=O)n42)c2ccccc2CC3)cc1. The molecule has 0 spiro atoms. The Kier molecular flexibility index (Phi) is 4.82. The number of benzene rings is 3. The van der Waals surface area contributed by atoms with Crippen LogP contribution < -0.4 is 19.6 Å². The molecule has 1 N–H and O–H groups in total. The monoisotopic (exact) mass is 489 g/mol. The average Bonchev–Trinajstić information content (AvgIpc) is 3.48. The van der Waals surface area contributed by atoms with Gasteiger partial charge in [0.25, 0.3) is 5.56 Å². The van der Waals surface area contributed by atoms with Gasteiger partial charge in [-0.05, 0) is 53.8 Å². The highest BCUT2D eigenvalue weighted by molar-refractivity contribution is 7.07. The van der Waals surface area contributed by atoms with E-state index in [1.165, 1.54) is 28.0 Å². The van der Waals surface area contributed by atoms with Crippen LogP contribution in [0.15, 0.2) is 94.4 Å². The number of H-pyrrole nitrogens is 1. The van der Waals surface area contributed by atoms with Crippen LogP contribution in [0.3, 0.4) is 0 Å². The quantitative estimate of drug-likeness (QED) is 0.396. The minimum Gasteiger partial charge on any atom is -0.497 e. The molecule has 0 bridgehead atoms. The van der Waals surface area contributed by atoms with E-state index >= 15 is 0 Å². The van der Waals surface area contributed by atoms with Crippen LogP contribution in [0.4, 0.5) is 0 Å². The van der Waals surface area contributed by atoms with Crippen LogP contribution in [0.5, 0.6) is 5.75 Å². The summed E-state index contributed by atoms with van der Waals surface area (Å²) in [5, 5.41) is 1.10. The fraction of sp³-hybridized carbons (Fsp3) is 0.133. The highest BCUT2D eigenvalue weighted by Crippen LogP contribution is 2.41. The highest BCUT2D eigenvalue weighted by atomic mass is 32.1. The summed E-state index contributed by atoms with van der Waals surface area (Å²) in [5.41, 5.74) is 7.82. The molecule has 0 saturated carbocycles. The molecule has 1 unspecified atom stereocenters. The maximum Gasteiger partial charge on any atom is 0.271 e. The lowest BCUT2D eigenvalue weighted by molar-refractivity contribution is 0.414. The van der Waals surface area contributed by atoms with E-state index in [-0.39, 0.29) is 11.6 Å². The van der Waals surface area contributed by atoms with E-state index in [1.54, 1.807) is 7.11 Å². The largest absolute Gasteiger partial charge is 0.497 e. The fourth-order valence-corrected chi connectivity index (χ4v) is 6.46. The molecule has 0 saturated heterocycles. The minimum absolute atomic E-state index is 0.00439. The van der Waals surface area contributed by atoms with Crippen molar-refractivity contribution in [2.24, 2.45) is 4.99 Å². The van der Waals surface area contributed by atoms with Crippen molar-refractivity contribution in [1.82, 2.24) is 9.55 Å². The number of rotatable bonds is 3. The summed E-state index contributed by atoms with van der Waals surface area (Å²) in [7, 11) is 1.67. The molecule has 3 heterocycles. The smallest absolute Gasteiger partial charge is 0.271 e. The summed E-state index contributed by atoms with van der Waals surface area (Å²) in [5.74, 6) is 0.800. The molecule has 3 aromatic carbocycles. The van der Waals surface area contributed by atoms with Crippen molar-refractivity contribution in [2.75, 3.05) is 7.11 Å². The molecule has 0 fully saturated rings. The Morgan fingerprint density at radius 2 is 1.83 bits per heavy atom. The normalized spacial score (nSPS) is 16.9. The molecule has 7 rings (SSSR count). The van der Waals surface area contributed by atoms with Gasteiger partial charge in [0.05, 0.1) is 23.4 Å². The van der Waals surface area contributed by atoms with E-state index in [4.69, 9.17) is 9.73 Å². The molecule has 2 aromatic heterocycles. The van der Waals surface area contributed by atoms with Crippen LogP contribution in [0.25, 0.3) is 22.7 Å². The zero-order valence-corrected chi connectivity index (χ0v) is 20.5. The van der Waals surface area contributed by atoms with Gasteiger partial charge in [0.1, 0.15) is 5.75 Å². The van der Waals surface area contributed by atoms with Gasteiger partial charge in [-0.2, -0.15) is 0 Å². The van der Waals surface area contributed by atoms with E-state index in [1.807, 2.05) is 47.2 Å². The first-order valence-electron chi connectivity index (χ1n) is 12.0. The predicted molar refractivity (Wildman–Crippen MR) is 144 cm³/mol. The number of methoxy groups -OCH3 is 1. The number of fused-ring (bicyclic) bond motifs is 4. The molecule has 1 aliphatic carbocycles. The van der Waals surface area contributed by atoms with Crippen molar-refractivity contribution < 1.29 is 4.74 Å². The second kappa shape index (κ2) is 8.21. The Bertz CT molecular complexity index is 1850. The first-order valence-corrected chi connectivity index (χ1v) is 12.9. The highest BCUT2D eigenvalue weighted by Gasteiger charge is 2.32. The van der Waals surface area contributed by atoms with Gasteiger partial charge in [-0.3, -0.25) is 9.36 Å². The summed E-state index contributed by atoms with van der Waals surface area (Å²) < 4.78 is 7.97. The number of nitrogens with zero attached hydrogens (tertiary/aromatic N) is 2. The van der Waals surface area contributed by atoms with Crippen LogP contribution in [0.1, 0.15) is 34.7 Å². The van der Waals surface area contributed by atoms with Crippen molar-refractivity contribution in [3.05, 3.63) is 127 Å². The average molecular weight is 490 g/mol. The number of ether oxygens (including phenoxy) is 1. The van der Waals surface area contributed by atoms with E-state index < -0.39 is 0 Å². The second-order valence-corrected chi connectivity index (χ2v) is 10.2. The lowest BCUT2D eigenvalue weighted by atomic mass is 9.83. The van der Waals surface area contributed by atoms with Crippen LogP contribution in [0, 0.1) is 0 Å². The molecule has 1 atom stereocenters. The van der Waals surface area contributed by atoms with Gasteiger partial charge in [0.15, 0.2) is 4.80 Å². The van der Waals surface area contributed by atoms with Gasteiger partial charge < -0.3 is 9.72 Å². The van der Waals surface area contributed by atoms with Gasteiger partial charge in [-0.1, -0.05) is 65.9 Å². The third-order valence-electron chi connectivity index (χ3n) is 7.21. The van der Waals surface area contributed by atoms with Crippen LogP contribution in [-0.4, -0.2) is 16.7 Å². The molecule has 1 aliphatic heterocycles. The minimum atomic E-state index is -0.194. The topological polar surface area (TPSA) is 59.4 Å².